The van der Waals surface area contributed by atoms with E-state index in [4.69, 9.17) is 5.11 Å². The molecule has 0 bridgehead atoms. The smallest absolute Gasteiger partial charge is 0.157 e. The molecule has 0 aliphatic carbocycles. The number of aromatic hydroxyl groups is 2. The monoisotopic (exact) mass is 235 g/mol. The lowest BCUT2D eigenvalue weighted by molar-refractivity contribution is 0.403. The molecule has 0 radical (unpaired) electrons. The maximum Gasteiger partial charge on any atom is 0.157 e. The van der Waals surface area contributed by atoms with E-state index in [1.807, 2.05) is 5.38 Å². The predicted molar refractivity (Wildman–Crippen MR) is 64.6 cm³/mol. The molecular weight excluding hydrogens is 222 g/mol. The van der Waals surface area contributed by atoms with E-state index >= 15 is 0 Å². The van der Waals surface area contributed by atoms with Crippen LogP contribution in [-0.4, -0.2) is 10.2 Å². The molecule has 4 heteroatoms. The molecule has 2 aromatic rings. The Kier molecular flexibility index (Phi) is 3.44. The minimum Gasteiger partial charge on any atom is -0.504 e. The van der Waals surface area contributed by atoms with Crippen LogP contribution in [0.25, 0.3) is 0 Å². The van der Waals surface area contributed by atoms with Crippen molar-refractivity contribution in [2.45, 2.75) is 13.1 Å². The summed E-state index contributed by atoms with van der Waals surface area (Å²) in [7, 11) is 0. The minimum absolute atomic E-state index is 0.0742. The summed E-state index contributed by atoms with van der Waals surface area (Å²) in [5.41, 5.74) is 2.21. The maximum absolute atomic E-state index is 9.31. The molecule has 1 heterocycles. The zero-order chi connectivity index (χ0) is 11.4. The summed E-state index contributed by atoms with van der Waals surface area (Å²) < 4.78 is 0. The maximum atomic E-state index is 9.31. The van der Waals surface area contributed by atoms with Crippen molar-refractivity contribution in [1.29, 1.82) is 0 Å². The summed E-state index contributed by atoms with van der Waals surface area (Å²) in [6, 6.07) is 6.93. The Labute approximate surface area is 98.0 Å². The van der Waals surface area contributed by atoms with Crippen molar-refractivity contribution in [2.75, 3.05) is 0 Å². The quantitative estimate of drug-likeness (QED) is 0.713. The summed E-state index contributed by atoms with van der Waals surface area (Å²) in [4.78, 5) is 0. The topological polar surface area (TPSA) is 52.5 Å². The Hall–Kier alpha value is -1.52. The van der Waals surface area contributed by atoms with Gasteiger partial charge >= 0.3 is 0 Å². The van der Waals surface area contributed by atoms with Crippen LogP contribution in [0.4, 0.5) is 0 Å². The second-order valence-corrected chi connectivity index (χ2v) is 4.34. The van der Waals surface area contributed by atoms with Crippen molar-refractivity contribution in [2.24, 2.45) is 0 Å². The van der Waals surface area contributed by atoms with Crippen molar-refractivity contribution < 1.29 is 10.2 Å². The lowest BCUT2D eigenvalue weighted by Gasteiger charge is -2.05. The summed E-state index contributed by atoms with van der Waals surface area (Å²) in [6.07, 6.45) is 0. The molecule has 3 nitrogen and oxygen atoms in total. The molecule has 16 heavy (non-hydrogen) atoms. The molecule has 1 aromatic carbocycles. The number of benzene rings is 1. The van der Waals surface area contributed by atoms with Gasteiger partial charge in [-0.2, -0.15) is 11.3 Å². The lowest BCUT2D eigenvalue weighted by Crippen LogP contribution is -2.11. The van der Waals surface area contributed by atoms with E-state index in [9.17, 15) is 5.11 Å². The van der Waals surface area contributed by atoms with E-state index < -0.39 is 0 Å². The third-order valence-electron chi connectivity index (χ3n) is 2.28. The van der Waals surface area contributed by atoms with Gasteiger partial charge in [0.25, 0.3) is 0 Å². The first-order valence-electron chi connectivity index (χ1n) is 4.98. The summed E-state index contributed by atoms with van der Waals surface area (Å²) in [5, 5.41) is 25.9. The largest absolute Gasteiger partial charge is 0.504 e. The fourth-order valence-corrected chi connectivity index (χ4v) is 2.09. The van der Waals surface area contributed by atoms with Gasteiger partial charge in [-0.1, -0.05) is 6.07 Å². The number of hydrogen-bond acceptors (Lipinski definition) is 4. The number of phenolic OH excluding ortho intramolecular Hbond substituents is 2. The van der Waals surface area contributed by atoms with Crippen molar-refractivity contribution in [3.05, 3.63) is 46.2 Å². The number of nitrogens with one attached hydrogen (secondary N) is 1. The van der Waals surface area contributed by atoms with Gasteiger partial charge in [0, 0.05) is 13.1 Å². The van der Waals surface area contributed by atoms with Crippen LogP contribution < -0.4 is 5.32 Å². The average Bonchev–Trinajstić information content (AvgIpc) is 2.76. The molecule has 0 spiro atoms. The molecule has 0 aliphatic heterocycles. The number of phenols is 2. The zero-order valence-corrected chi connectivity index (χ0v) is 9.50. The first-order valence-corrected chi connectivity index (χ1v) is 5.92. The fourth-order valence-electron chi connectivity index (χ4n) is 1.42. The summed E-state index contributed by atoms with van der Waals surface area (Å²) in [5.74, 6) is -0.156. The van der Waals surface area contributed by atoms with Crippen LogP contribution in [0.2, 0.25) is 0 Å². The normalized spacial score (nSPS) is 10.5. The third-order valence-corrected chi connectivity index (χ3v) is 3.01. The third kappa shape index (κ3) is 2.74. The molecule has 1 aromatic heterocycles. The van der Waals surface area contributed by atoms with Crippen molar-refractivity contribution >= 4 is 11.3 Å². The van der Waals surface area contributed by atoms with E-state index in [2.05, 4.69) is 16.8 Å². The van der Waals surface area contributed by atoms with E-state index in [1.54, 1.807) is 23.5 Å². The van der Waals surface area contributed by atoms with Crippen LogP contribution in [0, 0.1) is 0 Å². The van der Waals surface area contributed by atoms with Crippen LogP contribution in [-0.2, 0) is 13.1 Å². The van der Waals surface area contributed by atoms with Gasteiger partial charge in [-0.15, -0.1) is 0 Å². The Morgan fingerprint density at radius 2 is 1.81 bits per heavy atom. The van der Waals surface area contributed by atoms with Crippen LogP contribution in [0.1, 0.15) is 11.1 Å². The number of rotatable bonds is 4. The van der Waals surface area contributed by atoms with Gasteiger partial charge in [0.15, 0.2) is 11.5 Å². The van der Waals surface area contributed by atoms with E-state index in [0.717, 1.165) is 12.1 Å². The predicted octanol–water partition coefficient (Wildman–Crippen LogP) is 2.45. The molecule has 0 saturated carbocycles. The van der Waals surface area contributed by atoms with Gasteiger partial charge in [-0.05, 0) is 40.1 Å². The molecule has 0 atom stereocenters. The van der Waals surface area contributed by atoms with E-state index in [1.165, 1.54) is 11.6 Å². The highest BCUT2D eigenvalue weighted by Crippen LogP contribution is 2.24. The molecular formula is C12H13NO2S. The summed E-state index contributed by atoms with van der Waals surface area (Å²) >= 11 is 1.68. The van der Waals surface area contributed by atoms with Gasteiger partial charge in [0.2, 0.25) is 0 Å². The summed E-state index contributed by atoms with van der Waals surface area (Å²) in [6.45, 7) is 1.48. The molecule has 3 N–H and O–H groups in total. The number of thiophene rings is 1. The SMILES string of the molecule is Oc1ccc(CNCc2ccsc2)cc1O. The molecule has 84 valence electrons. The highest BCUT2D eigenvalue weighted by molar-refractivity contribution is 7.07. The minimum atomic E-state index is -0.0819. The fraction of sp³-hybridized carbons (Fsp3) is 0.167. The highest BCUT2D eigenvalue weighted by atomic mass is 32.1. The second kappa shape index (κ2) is 5.01. The van der Waals surface area contributed by atoms with E-state index in [0.29, 0.717) is 6.54 Å². The first kappa shape index (κ1) is 11.0. The molecule has 0 fully saturated rings. The van der Waals surface area contributed by atoms with Gasteiger partial charge in [-0.3, -0.25) is 0 Å². The molecule has 0 saturated heterocycles. The molecule has 2 rings (SSSR count). The van der Waals surface area contributed by atoms with Crippen LogP contribution in [0.5, 0.6) is 11.5 Å². The van der Waals surface area contributed by atoms with Crippen molar-refractivity contribution in [3.8, 4) is 11.5 Å². The molecule has 0 unspecified atom stereocenters. The Morgan fingerprint density at radius 3 is 2.50 bits per heavy atom. The van der Waals surface area contributed by atoms with Gasteiger partial charge in [0.05, 0.1) is 0 Å². The van der Waals surface area contributed by atoms with E-state index in [-0.39, 0.29) is 11.5 Å². The molecule has 0 amide bonds. The Morgan fingerprint density at radius 1 is 1.00 bits per heavy atom. The van der Waals surface area contributed by atoms with Crippen molar-refractivity contribution in [1.82, 2.24) is 5.32 Å². The zero-order valence-electron chi connectivity index (χ0n) is 8.68. The standard InChI is InChI=1S/C12H13NO2S/c14-11-2-1-9(5-12(11)15)6-13-7-10-3-4-16-8-10/h1-5,8,13-15H,6-7H2. The van der Waals surface area contributed by atoms with Gasteiger partial charge in [0.1, 0.15) is 0 Å². The average molecular weight is 235 g/mol. The lowest BCUT2D eigenvalue weighted by atomic mass is 10.2. The van der Waals surface area contributed by atoms with Gasteiger partial charge in [-0.25, -0.2) is 0 Å². The van der Waals surface area contributed by atoms with Crippen LogP contribution in [0.15, 0.2) is 35.0 Å². The highest BCUT2D eigenvalue weighted by Gasteiger charge is 2.00. The second-order valence-electron chi connectivity index (χ2n) is 3.56. The van der Waals surface area contributed by atoms with Crippen molar-refractivity contribution in [3.63, 3.8) is 0 Å². The van der Waals surface area contributed by atoms with Gasteiger partial charge < -0.3 is 15.5 Å². The number of hydrogen-bond donors (Lipinski definition) is 3. The first-order chi connectivity index (χ1) is 7.75. The Bertz CT molecular complexity index is 454. The van der Waals surface area contributed by atoms with Crippen LogP contribution in [0.3, 0.4) is 0 Å². The molecule has 0 aliphatic rings. The Balaban J connectivity index is 1.87. The van der Waals surface area contributed by atoms with Crippen LogP contribution >= 0.6 is 11.3 Å².